The van der Waals surface area contributed by atoms with Gasteiger partial charge in [0.2, 0.25) is 0 Å². The third-order valence-electron chi connectivity index (χ3n) is 3.28. The van der Waals surface area contributed by atoms with Crippen molar-refractivity contribution in [3.63, 3.8) is 0 Å². The molecule has 3 rings (SSSR count). The molecular formula is C10H18N6O2. The van der Waals surface area contributed by atoms with Gasteiger partial charge in [0.25, 0.3) is 0 Å². The molecule has 3 aliphatic heterocycles. The maximum atomic E-state index is 11.0. The summed E-state index contributed by atoms with van der Waals surface area (Å²) < 4.78 is 5.29. The van der Waals surface area contributed by atoms with Gasteiger partial charge in [0, 0.05) is 19.6 Å². The molecule has 0 saturated carbocycles. The van der Waals surface area contributed by atoms with Crippen LogP contribution in [0.5, 0.6) is 0 Å². The Hall–Kier alpha value is -1.54. The molecule has 0 spiro atoms. The molecule has 3 saturated heterocycles. The largest absolute Gasteiger partial charge is 0.379 e. The van der Waals surface area contributed by atoms with E-state index in [9.17, 15) is 4.79 Å². The van der Waals surface area contributed by atoms with Crippen molar-refractivity contribution in [1.29, 1.82) is 0 Å². The van der Waals surface area contributed by atoms with Gasteiger partial charge in [-0.25, -0.2) is 4.79 Å². The topological polar surface area (TPSA) is 90.0 Å². The van der Waals surface area contributed by atoms with E-state index in [1.165, 1.54) is 0 Å². The predicted octanol–water partition coefficient (Wildman–Crippen LogP) is -2.17. The minimum Gasteiger partial charge on any atom is -0.379 e. The molecule has 0 radical (unpaired) electrons. The number of fused-ring (bicyclic) bond motifs is 1. The highest BCUT2D eigenvalue weighted by Gasteiger charge is 2.37. The molecule has 2 unspecified atom stereocenters. The third kappa shape index (κ3) is 2.49. The predicted molar refractivity (Wildman–Crippen MR) is 65.1 cm³/mol. The molecule has 3 heterocycles. The van der Waals surface area contributed by atoms with Gasteiger partial charge in [0.1, 0.15) is 12.3 Å². The molecule has 3 fully saturated rings. The zero-order valence-electron chi connectivity index (χ0n) is 10.1. The molecule has 2 amide bonds. The lowest BCUT2D eigenvalue weighted by Gasteiger charge is -2.25. The molecule has 4 N–H and O–H groups in total. The molecule has 100 valence electrons. The van der Waals surface area contributed by atoms with Crippen molar-refractivity contribution in [1.82, 2.24) is 26.2 Å². The standard InChI is InChI=1S/C10H18N6O2/c17-10-14-7-8(15-10)13-9(12-7)11-1-2-16-3-5-18-6-4-16/h7-8H,1-6H2,(H2,11,12,13)(H2,14,15,17). The maximum Gasteiger partial charge on any atom is 0.318 e. The maximum absolute atomic E-state index is 11.0. The first-order valence-electron chi connectivity index (χ1n) is 6.26. The molecule has 0 aromatic carbocycles. The van der Waals surface area contributed by atoms with E-state index in [1.807, 2.05) is 0 Å². The summed E-state index contributed by atoms with van der Waals surface area (Å²) >= 11 is 0. The zero-order valence-corrected chi connectivity index (χ0v) is 10.1. The number of nitrogens with zero attached hydrogens (tertiary/aromatic N) is 2. The number of urea groups is 1. The first kappa shape index (κ1) is 11.5. The number of hydrogen-bond acceptors (Lipinski definition) is 4. The average Bonchev–Trinajstić information content (AvgIpc) is 2.87. The molecule has 3 aliphatic rings. The van der Waals surface area contributed by atoms with E-state index in [1.54, 1.807) is 0 Å². The number of guanidine groups is 1. The summed E-state index contributed by atoms with van der Waals surface area (Å²) in [5, 5.41) is 11.8. The highest BCUT2D eigenvalue weighted by Crippen LogP contribution is 2.02. The fourth-order valence-corrected chi connectivity index (χ4v) is 2.29. The number of hydrogen-bond donors (Lipinski definition) is 4. The fraction of sp³-hybridized carbons (Fsp3) is 0.800. The van der Waals surface area contributed by atoms with E-state index in [0.29, 0.717) is 0 Å². The Bertz CT molecular complexity index is 336. The highest BCUT2D eigenvalue weighted by molar-refractivity contribution is 5.87. The summed E-state index contributed by atoms with van der Waals surface area (Å²) in [4.78, 5) is 17.8. The van der Waals surface area contributed by atoms with Crippen molar-refractivity contribution in [2.24, 2.45) is 4.99 Å². The number of carbonyl (C=O) groups is 1. The van der Waals surface area contributed by atoms with Crippen molar-refractivity contribution in [3.05, 3.63) is 0 Å². The van der Waals surface area contributed by atoms with E-state index >= 15 is 0 Å². The number of amides is 2. The smallest absolute Gasteiger partial charge is 0.318 e. The van der Waals surface area contributed by atoms with Gasteiger partial charge < -0.3 is 26.0 Å². The molecule has 0 bridgehead atoms. The van der Waals surface area contributed by atoms with Crippen molar-refractivity contribution >= 4 is 12.0 Å². The van der Waals surface area contributed by atoms with Crippen LogP contribution in [-0.2, 0) is 4.74 Å². The zero-order chi connectivity index (χ0) is 12.4. The number of aliphatic imine (C=N–C) groups is 1. The molecule has 2 atom stereocenters. The van der Waals surface area contributed by atoms with Crippen LogP contribution in [0.15, 0.2) is 4.99 Å². The second kappa shape index (κ2) is 4.99. The third-order valence-corrected chi connectivity index (χ3v) is 3.28. The van der Waals surface area contributed by atoms with Crippen molar-refractivity contribution < 1.29 is 9.53 Å². The highest BCUT2D eigenvalue weighted by atomic mass is 16.5. The SMILES string of the molecule is O=C1NC2NC(=NCCN3CCOCC3)NC2N1. The van der Waals surface area contributed by atoms with E-state index in [-0.39, 0.29) is 18.4 Å². The normalized spacial score (nSPS) is 31.1. The summed E-state index contributed by atoms with van der Waals surface area (Å²) in [6.45, 7) is 5.26. The minimum atomic E-state index is -0.155. The van der Waals surface area contributed by atoms with Crippen LogP contribution in [0.4, 0.5) is 4.79 Å². The van der Waals surface area contributed by atoms with Crippen LogP contribution in [0, 0.1) is 0 Å². The van der Waals surface area contributed by atoms with E-state index in [0.717, 1.165) is 45.4 Å². The molecule has 8 heteroatoms. The molecular weight excluding hydrogens is 236 g/mol. The van der Waals surface area contributed by atoms with Crippen LogP contribution >= 0.6 is 0 Å². The summed E-state index contributed by atoms with van der Waals surface area (Å²) in [6, 6.07) is -0.155. The van der Waals surface area contributed by atoms with Crippen LogP contribution in [0.25, 0.3) is 0 Å². The van der Waals surface area contributed by atoms with E-state index in [4.69, 9.17) is 4.74 Å². The average molecular weight is 254 g/mol. The molecule has 0 aromatic rings. The quantitative estimate of drug-likeness (QED) is 0.460. The van der Waals surface area contributed by atoms with Gasteiger partial charge >= 0.3 is 6.03 Å². The van der Waals surface area contributed by atoms with Gasteiger partial charge in [-0.05, 0) is 0 Å². The van der Waals surface area contributed by atoms with Gasteiger partial charge in [-0.3, -0.25) is 9.89 Å². The van der Waals surface area contributed by atoms with Crippen molar-refractivity contribution in [2.45, 2.75) is 12.3 Å². The lowest BCUT2D eigenvalue weighted by molar-refractivity contribution is 0.0394. The Kier molecular flexibility index (Phi) is 3.20. The summed E-state index contributed by atoms with van der Waals surface area (Å²) in [5.74, 6) is 0.741. The van der Waals surface area contributed by atoms with Gasteiger partial charge in [0.05, 0.1) is 19.8 Å². The minimum absolute atomic E-state index is 0.0976. The second-order valence-corrected chi connectivity index (χ2v) is 4.55. The van der Waals surface area contributed by atoms with Gasteiger partial charge in [-0.15, -0.1) is 0 Å². The molecule has 0 aliphatic carbocycles. The first-order valence-corrected chi connectivity index (χ1v) is 6.26. The van der Waals surface area contributed by atoms with Crippen LogP contribution < -0.4 is 21.3 Å². The Morgan fingerprint density at radius 1 is 1.17 bits per heavy atom. The number of carbonyl (C=O) groups excluding carboxylic acids is 1. The first-order chi connectivity index (χ1) is 8.81. The van der Waals surface area contributed by atoms with Crippen molar-refractivity contribution in [3.8, 4) is 0 Å². The van der Waals surface area contributed by atoms with E-state index < -0.39 is 0 Å². The Labute approximate surface area is 105 Å². The molecule has 8 nitrogen and oxygen atoms in total. The number of nitrogens with one attached hydrogen (secondary N) is 4. The van der Waals surface area contributed by atoms with Gasteiger partial charge in [-0.1, -0.05) is 0 Å². The lowest BCUT2D eigenvalue weighted by atomic mass is 10.4. The van der Waals surface area contributed by atoms with E-state index in [2.05, 4.69) is 31.2 Å². The summed E-state index contributed by atoms with van der Waals surface area (Å²) in [5.41, 5.74) is 0. The Balaban J connectivity index is 1.43. The molecule has 18 heavy (non-hydrogen) atoms. The Morgan fingerprint density at radius 2 is 1.83 bits per heavy atom. The van der Waals surface area contributed by atoms with Crippen molar-refractivity contribution in [2.75, 3.05) is 39.4 Å². The van der Waals surface area contributed by atoms with Crippen LogP contribution in [0.1, 0.15) is 0 Å². The second-order valence-electron chi connectivity index (χ2n) is 4.55. The van der Waals surface area contributed by atoms with Gasteiger partial charge in [-0.2, -0.15) is 0 Å². The summed E-state index contributed by atoms with van der Waals surface area (Å²) in [6.07, 6.45) is -0.195. The molecule has 0 aromatic heterocycles. The summed E-state index contributed by atoms with van der Waals surface area (Å²) in [7, 11) is 0. The van der Waals surface area contributed by atoms with Crippen LogP contribution in [0.2, 0.25) is 0 Å². The Morgan fingerprint density at radius 3 is 2.50 bits per heavy atom. The van der Waals surface area contributed by atoms with Crippen LogP contribution in [0.3, 0.4) is 0 Å². The monoisotopic (exact) mass is 254 g/mol. The fourth-order valence-electron chi connectivity index (χ4n) is 2.29. The lowest BCUT2D eigenvalue weighted by Crippen LogP contribution is -2.40. The number of morpholine rings is 1. The van der Waals surface area contributed by atoms with Crippen LogP contribution in [-0.4, -0.2) is 68.6 Å². The van der Waals surface area contributed by atoms with Gasteiger partial charge in [0.15, 0.2) is 5.96 Å². The number of rotatable bonds is 3. The number of ether oxygens (including phenoxy) is 1.